The first kappa shape index (κ1) is 29.0. The number of ether oxygens (including phenoxy) is 2. The van der Waals surface area contributed by atoms with Crippen molar-refractivity contribution in [2.75, 3.05) is 41.0 Å². The number of carbonyl (C=O) groups excluding carboxylic acids is 1. The first-order valence-electron chi connectivity index (χ1n) is 11.1. The fourth-order valence-electron chi connectivity index (χ4n) is 2.76. The van der Waals surface area contributed by atoms with Gasteiger partial charge in [0.1, 0.15) is 12.7 Å². The molecule has 0 saturated carbocycles. The molecule has 2 atom stereocenters. The lowest BCUT2D eigenvalue weighted by atomic mass is 10.1. The van der Waals surface area contributed by atoms with Gasteiger partial charge in [0.25, 0.3) is 0 Å². The molecule has 0 saturated heterocycles. The second-order valence-corrected chi connectivity index (χ2v) is 8.36. The molecular formula is C24H42NO6+. The van der Waals surface area contributed by atoms with E-state index in [1.165, 1.54) is 0 Å². The molecule has 0 fully saturated rings. The summed E-state index contributed by atoms with van der Waals surface area (Å²) in [6.45, 7) is 2.21. The van der Waals surface area contributed by atoms with Crippen LogP contribution in [0.3, 0.4) is 0 Å². The summed E-state index contributed by atoms with van der Waals surface area (Å²) >= 11 is 0. The third kappa shape index (κ3) is 17.4. The Morgan fingerprint density at radius 3 is 2.16 bits per heavy atom. The van der Waals surface area contributed by atoms with Crippen LogP contribution in [0.15, 0.2) is 36.5 Å². The van der Waals surface area contributed by atoms with Gasteiger partial charge in [0, 0.05) is 12.8 Å². The fraction of sp³-hybridized carbons (Fsp3) is 0.667. The van der Waals surface area contributed by atoms with E-state index >= 15 is 0 Å². The van der Waals surface area contributed by atoms with Gasteiger partial charge in [-0.2, -0.15) is 0 Å². The van der Waals surface area contributed by atoms with E-state index in [4.69, 9.17) is 9.47 Å². The average Bonchev–Trinajstić information content (AvgIpc) is 2.69. The largest absolute Gasteiger partial charge is 0.477 e. The van der Waals surface area contributed by atoms with Crippen molar-refractivity contribution < 1.29 is 33.8 Å². The highest BCUT2D eigenvalue weighted by molar-refractivity contribution is 5.72. The maximum absolute atomic E-state index is 11.7. The number of aliphatic carboxylic acids is 1. The lowest BCUT2D eigenvalue weighted by Crippen LogP contribution is -2.50. The quantitative estimate of drug-likeness (QED) is 0.147. The summed E-state index contributed by atoms with van der Waals surface area (Å²) in [5, 5.41) is 19.1. The summed E-state index contributed by atoms with van der Waals surface area (Å²) in [5.74, 6) is -1.22. The maximum atomic E-state index is 11.7. The third-order valence-electron chi connectivity index (χ3n) is 4.53. The van der Waals surface area contributed by atoms with Crippen molar-refractivity contribution in [3.05, 3.63) is 36.5 Å². The monoisotopic (exact) mass is 440 g/mol. The number of allylic oxidation sites excluding steroid dienone is 6. The molecule has 0 aromatic rings. The molecule has 7 nitrogen and oxygen atoms in total. The molecule has 0 spiro atoms. The van der Waals surface area contributed by atoms with Gasteiger partial charge in [0.2, 0.25) is 0 Å². The molecule has 7 heteroatoms. The van der Waals surface area contributed by atoms with Crippen molar-refractivity contribution >= 4 is 11.9 Å². The zero-order valence-corrected chi connectivity index (χ0v) is 19.7. The van der Waals surface area contributed by atoms with Gasteiger partial charge in [-0.1, -0.05) is 43.4 Å². The number of hydrogen-bond acceptors (Lipinski definition) is 5. The molecule has 178 valence electrons. The molecule has 0 aliphatic heterocycles. The number of nitrogens with zero attached hydrogens (tertiary/aromatic N) is 1. The Kier molecular flexibility index (Phi) is 16.6. The molecule has 0 amide bonds. The first-order chi connectivity index (χ1) is 14.7. The third-order valence-corrected chi connectivity index (χ3v) is 4.53. The van der Waals surface area contributed by atoms with E-state index in [1.807, 2.05) is 21.1 Å². The number of carbonyl (C=O) groups is 2. The zero-order valence-electron chi connectivity index (χ0n) is 19.7. The maximum Gasteiger partial charge on any atom is 0.362 e. The fourth-order valence-corrected chi connectivity index (χ4v) is 2.76. The summed E-state index contributed by atoms with van der Waals surface area (Å²) in [4.78, 5) is 23.0. The SMILES string of the molecule is CC/C=C/C/C=C/C/C=C/CCCC(=O)OCC(O)COCCC(C(=O)O)[N+](C)(C)C. The molecule has 0 aromatic carbocycles. The van der Waals surface area contributed by atoms with E-state index in [0.717, 1.165) is 25.7 Å². The van der Waals surface area contributed by atoms with Crippen molar-refractivity contribution in [1.82, 2.24) is 0 Å². The Bertz CT molecular complexity index is 577. The molecule has 0 heterocycles. The van der Waals surface area contributed by atoms with Crippen LogP contribution in [0.2, 0.25) is 0 Å². The number of likely N-dealkylation sites (N-methyl/N-ethyl adjacent to an activating group) is 1. The number of aliphatic hydroxyl groups is 1. The van der Waals surface area contributed by atoms with Crippen molar-refractivity contribution in [3.8, 4) is 0 Å². The highest BCUT2D eigenvalue weighted by Crippen LogP contribution is 2.08. The second-order valence-electron chi connectivity index (χ2n) is 8.36. The van der Waals surface area contributed by atoms with E-state index in [2.05, 4.69) is 43.4 Å². The minimum Gasteiger partial charge on any atom is -0.477 e. The second kappa shape index (κ2) is 17.7. The summed E-state index contributed by atoms with van der Waals surface area (Å²) in [5.41, 5.74) is 0. The molecule has 0 radical (unpaired) electrons. The van der Waals surface area contributed by atoms with Gasteiger partial charge < -0.3 is 24.2 Å². The zero-order chi connectivity index (χ0) is 23.5. The van der Waals surface area contributed by atoms with Crippen LogP contribution in [0.5, 0.6) is 0 Å². The minimum atomic E-state index is -0.921. The number of rotatable bonds is 18. The van der Waals surface area contributed by atoms with Gasteiger partial charge in [-0.3, -0.25) is 4.79 Å². The van der Waals surface area contributed by atoms with Gasteiger partial charge in [0.05, 0.1) is 34.4 Å². The Morgan fingerprint density at radius 1 is 0.968 bits per heavy atom. The summed E-state index contributed by atoms with van der Waals surface area (Å²) in [7, 11) is 5.44. The smallest absolute Gasteiger partial charge is 0.362 e. The van der Waals surface area contributed by atoms with Crippen molar-refractivity contribution in [1.29, 1.82) is 0 Å². The number of carboxylic acids is 1. The molecule has 0 bridgehead atoms. The van der Waals surface area contributed by atoms with Crippen molar-refractivity contribution in [3.63, 3.8) is 0 Å². The van der Waals surface area contributed by atoms with E-state index in [9.17, 15) is 19.8 Å². The number of carboxylic acid groups (broad SMARTS) is 1. The number of aliphatic hydroxyl groups excluding tert-OH is 1. The van der Waals surface area contributed by atoms with Crippen LogP contribution in [0, 0.1) is 0 Å². The molecule has 2 N–H and O–H groups in total. The van der Waals surface area contributed by atoms with E-state index in [1.54, 1.807) is 0 Å². The first-order valence-corrected chi connectivity index (χ1v) is 11.1. The molecule has 31 heavy (non-hydrogen) atoms. The Hall–Kier alpha value is -1.96. The summed E-state index contributed by atoms with van der Waals surface area (Å²) in [6.07, 6.45) is 16.8. The van der Waals surface area contributed by atoms with E-state index < -0.39 is 18.1 Å². The Morgan fingerprint density at radius 2 is 1.58 bits per heavy atom. The van der Waals surface area contributed by atoms with E-state index in [0.29, 0.717) is 23.7 Å². The topological polar surface area (TPSA) is 93.1 Å². The molecule has 0 rings (SSSR count). The van der Waals surface area contributed by atoms with Crippen LogP contribution in [0.4, 0.5) is 0 Å². The number of quaternary nitrogens is 1. The lowest BCUT2D eigenvalue weighted by Gasteiger charge is -2.31. The minimum absolute atomic E-state index is 0.00124. The molecule has 2 unspecified atom stereocenters. The number of esters is 1. The van der Waals surface area contributed by atoms with Crippen LogP contribution in [-0.4, -0.2) is 79.7 Å². The van der Waals surface area contributed by atoms with Gasteiger partial charge in [-0.15, -0.1) is 0 Å². The van der Waals surface area contributed by atoms with Crippen LogP contribution in [0.1, 0.15) is 51.9 Å². The van der Waals surface area contributed by atoms with Gasteiger partial charge in [-0.05, 0) is 32.1 Å². The predicted molar refractivity (Wildman–Crippen MR) is 123 cm³/mol. The van der Waals surface area contributed by atoms with Gasteiger partial charge in [-0.25, -0.2) is 4.79 Å². The van der Waals surface area contributed by atoms with Crippen LogP contribution in [0.25, 0.3) is 0 Å². The highest BCUT2D eigenvalue weighted by atomic mass is 16.5. The standard InChI is InChI=1S/C24H41NO6/c1-5-6-7-8-9-10-11-12-13-14-15-16-23(27)31-20-21(26)19-30-18-17-22(24(28)29)25(2,3)4/h6-7,9-10,12-13,21-22,26H,5,8,11,14-20H2,1-4H3/p+1/b7-6+,10-9+,13-12+. The Labute approximate surface area is 187 Å². The molecule has 0 aromatic heterocycles. The highest BCUT2D eigenvalue weighted by Gasteiger charge is 2.30. The van der Waals surface area contributed by atoms with Crippen LogP contribution in [-0.2, 0) is 19.1 Å². The van der Waals surface area contributed by atoms with Gasteiger partial charge in [0.15, 0.2) is 6.04 Å². The molecular weight excluding hydrogens is 398 g/mol. The summed E-state index contributed by atoms with van der Waals surface area (Å²) < 4.78 is 10.7. The van der Waals surface area contributed by atoms with Crippen LogP contribution >= 0.6 is 0 Å². The normalized spacial score (nSPS) is 14.5. The summed E-state index contributed by atoms with van der Waals surface area (Å²) in [6, 6.07) is -0.581. The van der Waals surface area contributed by atoms with Crippen LogP contribution < -0.4 is 0 Å². The number of unbranched alkanes of at least 4 members (excludes halogenated alkanes) is 1. The lowest BCUT2D eigenvalue weighted by molar-refractivity contribution is -0.887. The molecule has 0 aliphatic rings. The van der Waals surface area contributed by atoms with E-state index in [-0.39, 0.29) is 25.8 Å². The van der Waals surface area contributed by atoms with Crippen molar-refractivity contribution in [2.24, 2.45) is 0 Å². The predicted octanol–water partition coefficient (Wildman–Crippen LogP) is 3.49. The number of hydrogen-bond donors (Lipinski definition) is 2. The van der Waals surface area contributed by atoms with Gasteiger partial charge >= 0.3 is 11.9 Å². The molecule has 0 aliphatic carbocycles. The van der Waals surface area contributed by atoms with Crippen molar-refractivity contribution in [2.45, 2.75) is 64.0 Å². The average molecular weight is 441 g/mol. The Balaban J connectivity index is 3.78.